The number of carbonyl (C=O) groups is 1. The highest BCUT2D eigenvalue weighted by Gasteiger charge is 2.43. The van der Waals surface area contributed by atoms with Crippen LogP contribution in [0, 0.1) is 11.8 Å². The van der Waals surface area contributed by atoms with Crippen LogP contribution in [0.2, 0.25) is 6.04 Å². The van der Waals surface area contributed by atoms with Gasteiger partial charge in [0.1, 0.15) is 12.7 Å². The van der Waals surface area contributed by atoms with Gasteiger partial charge in [0.2, 0.25) is 5.91 Å². The van der Waals surface area contributed by atoms with Gasteiger partial charge in [-0.15, -0.1) is 5.92 Å². The SMILES string of the molecule is O=C(COC1C#CCCCCC1)NCCC[Si]12OCCN(CCO1)CCO2. The molecular weight excluding hydrogens is 364 g/mol. The lowest BCUT2D eigenvalue weighted by Gasteiger charge is -2.38. The van der Waals surface area contributed by atoms with Crippen molar-refractivity contribution in [2.75, 3.05) is 52.6 Å². The lowest BCUT2D eigenvalue weighted by molar-refractivity contribution is -0.126. The van der Waals surface area contributed by atoms with Gasteiger partial charge in [-0.3, -0.25) is 9.69 Å². The summed E-state index contributed by atoms with van der Waals surface area (Å²) in [5.74, 6) is 6.16. The summed E-state index contributed by atoms with van der Waals surface area (Å²) in [7, 11) is -2.58. The van der Waals surface area contributed by atoms with E-state index in [1.165, 1.54) is 12.8 Å². The molecule has 4 aliphatic rings. The molecule has 0 saturated carbocycles. The van der Waals surface area contributed by atoms with E-state index in [1.54, 1.807) is 0 Å². The lowest BCUT2D eigenvalue weighted by Crippen LogP contribution is -2.55. The zero-order chi connectivity index (χ0) is 18.8. The largest absolute Gasteiger partial charge is 0.501 e. The first-order valence-corrected chi connectivity index (χ1v) is 12.2. The third-order valence-corrected chi connectivity index (χ3v) is 8.01. The molecule has 3 fully saturated rings. The summed E-state index contributed by atoms with van der Waals surface area (Å²) in [4.78, 5) is 14.3. The van der Waals surface area contributed by atoms with Crippen LogP contribution in [0.4, 0.5) is 0 Å². The van der Waals surface area contributed by atoms with E-state index in [9.17, 15) is 4.79 Å². The van der Waals surface area contributed by atoms with Crippen molar-refractivity contribution < 1.29 is 22.8 Å². The van der Waals surface area contributed by atoms with Crippen molar-refractivity contribution >= 4 is 14.7 Å². The minimum Gasteiger partial charge on any atom is -0.372 e. The lowest BCUT2D eigenvalue weighted by atomic mass is 10.1. The normalized spacial score (nSPS) is 31.4. The van der Waals surface area contributed by atoms with Crippen molar-refractivity contribution in [2.45, 2.75) is 50.7 Å². The number of nitrogens with zero attached hydrogens (tertiary/aromatic N) is 1. The molecule has 152 valence electrons. The summed E-state index contributed by atoms with van der Waals surface area (Å²) in [6, 6.07) is 0.738. The summed E-state index contributed by atoms with van der Waals surface area (Å²) in [5.41, 5.74) is 0. The highest BCUT2D eigenvalue weighted by molar-refractivity contribution is 6.60. The van der Waals surface area contributed by atoms with Gasteiger partial charge in [-0.2, -0.15) is 0 Å². The zero-order valence-corrected chi connectivity index (χ0v) is 17.2. The molecule has 3 saturated heterocycles. The molecule has 1 amide bonds. The molecule has 0 spiro atoms. The van der Waals surface area contributed by atoms with E-state index in [0.29, 0.717) is 26.4 Å². The molecule has 3 heterocycles. The molecule has 0 aromatic rings. The van der Waals surface area contributed by atoms with Gasteiger partial charge in [-0.25, -0.2) is 0 Å². The molecule has 0 radical (unpaired) electrons. The fourth-order valence-electron chi connectivity index (χ4n) is 3.53. The Morgan fingerprint density at radius 3 is 2.59 bits per heavy atom. The van der Waals surface area contributed by atoms with Crippen molar-refractivity contribution in [1.82, 2.24) is 10.2 Å². The van der Waals surface area contributed by atoms with E-state index in [4.69, 9.17) is 18.0 Å². The second-order valence-corrected chi connectivity index (χ2v) is 9.98. The van der Waals surface area contributed by atoms with Crippen LogP contribution in [0.15, 0.2) is 0 Å². The molecule has 3 aliphatic heterocycles. The standard InChI is InChI=1S/C19H32N2O5Si/c22-19(17-23-18-7-4-2-1-3-5-8-18)20-9-6-16-27-24-13-10-21(11-14-25-27)12-15-26-27/h18H,1-4,6-7,9-17H2,(H,20,22). The molecule has 0 aromatic carbocycles. The van der Waals surface area contributed by atoms with E-state index >= 15 is 0 Å². The van der Waals surface area contributed by atoms with Gasteiger partial charge in [0.05, 0.1) is 19.8 Å². The Balaban J connectivity index is 1.33. The van der Waals surface area contributed by atoms with Gasteiger partial charge in [0.15, 0.2) is 0 Å². The predicted molar refractivity (Wildman–Crippen MR) is 103 cm³/mol. The van der Waals surface area contributed by atoms with Crippen LogP contribution in [0.1, 0.15) is 38.5 Å². The quantitative estimate of drug-likeness (QED) is 0.396. The maximum Gasteiger partial charge on any atom is 0.501 e. The highest BCUT2D eigenvalue weighted by Crippen LogP contribution is 2.21. The number of carbonyl (C=O) groups excluding carboxylic acids is 1. The second kappa shape index (κ2) is 11.1. The number of ether oxygens (including phenoxy) is 1. The zero-order valence-electron chi connectivity index (χ0n) is 16.2. The average molecular weight is 397 g/mol. The summed E-state index contributed by atoms with van der Waals surface area (Å²) in [6.45, 7) is 5.47. The maximum absolute atomic E-state index is 12.0. The summed E-state index contributed by atoms with van der Waals surface area (Å²) >= 11 is 0. The van der Waals surface area contributed by atoms with Crippen LogP contribution in [0.5, 0.6) is 0 Å². The van der Waals surface area contributed by atoms with Crippen LogP contribution in [0.3, 0.4) is 0 Å². The van der Waals surface area contributed by atoms with E-state index in [0.717, 1.165) is 51.4 Å². The maximum atomic E-state index is 12.0. The van der Waals surface area contributed by atoms with E-state index in [1.807, 2.05) is 0 Å². The third-order valence-electron chi connectivity index (χ3n) is 5.12. The Morgan fingerprint density at radius 1 is 1.11 bits per heavy atom. The van der Waals surface area contributed by atoms with Gasteiger partial charge in [-0.1, -0.05) is 12.3 Å². The number of fused-ring (bicyclic) bond motifs is 6. The van der Waals surface area contributed by atoms with Crippen molar-refractivity contribution in [3.8, 4) is 11.8 Å². The first-order valence-electron chi connectivity index (χ1n) is 10.3. The van der Waals surface area contributed by atoms with Gasteiger partial charge in [0, 0.05) is 38.6 Å². The molecular formula is C19H32N2O5Si. The fourth-order valence-corrected chi connectivity index (χ4v) is 6.03. The smallest absolute Gasteiger partial charge is 0.372 e. The van der Waals surface area contributed by atoms with E-state index in [2.05, 4.69) is 22.1 Å². The van der Waals surface area contributed by atoms with Crippen LogP contribution in [-0.2, 0) is 22.8 Å². The minimum atomic E-state index is -2.58. The Hall–Kier alpha value is -0.953. The van der Waals surface area contributed by atoms with Crippen molar-refractivity contribution in [3.05, 3.63) is 0 Å². The number of rotatable bonds is 7. The first kappa shape index (κ1) is 20.8. The monoisotopic (exact) mass is 396 g/mol. The Labute approximate surface area is 163 Å². The first-order chi connectivity index (χ1) is 13.3. The Morgan fingerprint density at radius 2 is 1.85 bits per heavy atom. The van der Waals surface area contributed by atoms with Crippen LogP contribution in [0.25, 0.3) is 0 Å². The van der Waals surface area contributed by atoms with Gasteiger partial charge in [-0.05, 0) is 25.7 Å². The van der Waals surface area contributed by atoms with E-state index in [-0.39, 0.29) is 18.6 Å². The van der Waals surface area contributed by atoms with Gasteiger partial charge in [0.25, 0.3) is 0 Å². The summed E-state index contributed by atoms with van der Waals surface area (Å²) in [5, 5.41) is 2.92. The minimum absolute atomic E-state index is 0.0707. The molecule has 1 aliphatic carbocycles. The molecule has 1 atom stereocenters. The summed E-state index contributed by atoms with van der Waals surface area (Å²) in [6.07, 6.45) is 6.00. The molecule has 1 N–H and O–H groups in total. The summed E-state index contributed by atoms with van der Waals surface area (Å²) < 4.78 is 23.7. The van der Waals surface area contributed by atoms with Crippen LogP contribution >= 0.6 is 0 Å². The van der Waals surface area contributed by atoms with Crippen LogP contribution < -0.4 is 5.32 Å². The average Bonchev–Trinajstić information content (AvgIpc) is 2.58. The van der Waals surface area contributed by atoms with Crippen molar-refractivity contribution in [3.63, 3.8) is 0 Å². The molecule has 4 rings (SSSR count). The van der Waals surface area contributed by atoms with Gasteiger partial charge < -0.3 is 23.3 Å². The topological polar surface area (TPSA) is 69.3 Å². The molecule has 0 aromatic heterocycles. The van der Waals surface area contributed by atoms with E-state index < -0.39 is 8.80 Å². The molecule has 7 nitrogen and oxygen atoms in total. The van der Waals surface area contributed by atoms with Crippen molar-refractivity contribution in [1.29, 1.82) is 0 Å². The fraction of sp³-hybridized carbons (Fsp3) is 0.842. The number of hydrogen-bond acceptors (Lipinski definition) is 6. The van der Waals surface area contributed by atoms with Crippen LogP contribution in [-0.4, -0.2) is 78.3 Å². The Kier molecular flexibility index (Phi) is 8.58. The number of amides is 1. The molecule has 27 heavy (non-hydrogen) atoms. The number of hydrogen-bond donors (Lipinski definition) is 1. The molecule has 2 bridgehead atoms. The van der Waals surface area contributed by atoms with Gasteiger partial charge >= 0.3 is 8.80 Å². The van der Waals surface area contributed by atoms with Crippen molar-refractivity contribution in [2.24, 2.45) is 0 Å². The second-order valence-electron chi connectivity index (χ2n) is 7.24. The molecule has 8 heteroatoms. The third kappa shape index (κ3) is 7.18. The predicted octanol–water partition coefficient (Wildman–Crippen LogP) is 1.16. The Bertz CT molecular complexity index is 509. The molecule has 1 unspecified atom stereocenters. The highest BCUT2D eigenvalue weighted by atomic mass is 28.4. The number of nitrogens with one attached hydrogen (secondary N) is 1.